The van der Waals surface area contributed by atoms with Crippen molar-refractivity contribution < 1.29 is 14.0 Å². The number of aromatic amines is 1. The van der Waals surface area contributed by atoms with Crippen LogP contribution in [-0.2, 0) is 0 Å². The number of para-hydroxylation sites is 1. The Balaban J connectivity index is 1.45. The number of aromatic nitrogens is 2. The lowest BCUT2D eigenvalue weighted by molar-refractivity contribution is 0.0681. The van der Waals surface area contributed by atoms with Crippen LogP contribution in [0, 0.1) is 0 Å². The fraction of sp³-hybridized carbons (Fsp3) is 0.278. The van der Waals surface area contributed by atoms with Gasteiger partial charge in [0.05, 0.1) is 11.2 Å². The number of amides is 2. The van der Waals surface area contributed by atoms with Crippen molar-refractivity contribution >= 4 is 34.4 Å². The van der Waals surface area contributed by atoms with E-state index in [9.17, 15) is 9.59 Å². The average Bonchev–Trinajstić information content (AvgIpc) is 3.29. The smallest absolute Gasteiger partial charge is 0.289 e. The molecule has 0 atom stereocenters. The Labute approximate surface area is 154 Å². The number of nitrogens with zero attached hydrogens (tertiary/aromatic N) is 2. The molecule has 1 aliphatic heterocycles. The third kappa shape index (κ3) is 2.94. The number of fused-ring (bicyclic) bond motifs is 1. The number of rotatable bonds is 3. The number of carbonyl (C=O) groups is 2. The fourth-order valence-electron chi connectivity index (χ4n) is 3.31. The lowest BCUT2D eigenvalue weighted by Gasteiger charge is -2.30. The quantitative estimate of drug-likeness (QED) is 0.737. The molecule has 0 aliphatic carbocycles. The molecule has 3 N–H and O–H groups in total. The van der Waals surface area contributed by atoms with Crippen molar-refractivity contribution in [3.8, 4) is 0 Å². The molecule has 0 spiro atoms. The number of furan rings is 1. The molecule has 1 saturated heterocycles. The topological polar surface area (TPSA) is 105 Å². The lowest BCUT2D eigenvalue weighted by Crippen LogP contribution is -2.38. The van der Waals surface area contributed by atoms with Gasteiger partial charge in [0.15, 0.2) is 11.3 Å². The summed E-state index contributed by atoms with van der Waals surface area (Å²) >= 11 is 6.11. The van der Waals surface area contributed by atoms with Crippen LogP contribution >= 0.6 is 11.6 Å². The van der Waals surface area contributed by atoms with Crippen molar-refractivity contribution in [1.82, 2.24) is 14.9 Å². The molecule has 2 amide bonds. The van der Waals surface area contributed by atoms with E-state index in [0.717, 1.165) is 24.1 Å². The SMILES string of the molecule is NC(=O)c1cnc(C2CCN(C(=O)c3cc4cccc(Cl)c4o3)CC2)[nH]1. The van der Waals surface area contributed by atoms with E-state index >= 15 is 0 Å². The number of hydrogen-bond donors (Lipinski definition) is 2. The maximum Gasteiger partial charge on any atom is 0.289 e. The molecule has 0 radical (unpaired) electrons. The van der Waals surface area contributed by atoms with Crippen LogP contribution in [0.3, 0.4) is 0 Å². The number of carbonyl (C=O) groups excluding carboxylic acids is 2. The molecule has 3 aromatic rings. The molecule has 1 aliphatic rings. The minimum atomic E-state index is -0.528. The standard InChI is InChI=1S/C18H17ClN4O3/c19-12-3-1-2-11-8-14(26-15(11)12)18(25)23-6-4-10(5-7-23)17-21-9-13(22-17)16(20)24/h1-3,8-10H,4-7H2,(H2,20,24)(H,21,22). The van der Waals surface area contributed by atoms with Gasteiger partial charge in [-0.2, -0.15) is 0 Å². The first-order valence-electron chi connectivity index (χ1n) is 8.35. The van der Waals surface area contributed by atoms with Gasteiger partial charge in [-0.3, -0.25) is 9.59 Å². The highest BCUT2D eigenvalue weighted by atomic mass is 35.5. The normalized spacial score (nSPS) is 15.5. The van der Waals surface area contributed by atoms with E-state index in [-0.39, 0.29) is 11.8 Å². The van der Waals surface area contributed by atoms with Crippen LogP contribution in [0.15, 0.2) is 34.9 Å². The molecule has 7 nitrogen and oxygen atoms in total. The molecule has 26 heavy (non-hydrogen) atoms. The first-order valence-corrected chi connectivity index (χ1v) is 8.73. The lowest BCUT2D eigenvalue weighted by atomic mass is 9.96. The molecule has 134 valence electrons. The molecule has 4 rings (SSSR count). The Morgan fingerprint density at radius 1 is 1.31 bits per heavy atom. The third-order valence-electron chi connectivity index (χ3n) is 4.74. The molecule has 0 bridgehead atoms. The number of piperidine rings is 1. The minimum absolute atomic E-state index is 0.145. The molecule has 2 aromatic heterocycles. The second kappa shape index (κ2) is 6.49. The van der Waals surface area contributed by atoms with Crippen molar-refractivity contribution in [2.24, 2.45) is 5.73 Å². The predicted molar refractivity (Wildman–Crippen MR) is 96.2 cm³/mol. The summed E-state index contributed by atoms with van der Waals surface area (Å²) in [4.78, 5) is 32.9. The van der Waals surface area contributed by atoms with Gasteiger partial charge in [-0.25, -0.2) is 4.98 Å². The number of benzene rings is 1. The van der Waals surface area contributed by atoms with Crippen molar-refractivity contribution in [3.05, 3.63) is 52.8 Å². The monoisotopic (exact) mass is 372 g/mol. The largest absolute Gasteiger partial charge is 0.449 e. The minimum Gasteiger partial charge on any atom is -0.449 e. The molecular weight excluding hydrogens is 356 g/mol. The Kier molecular flexibility index (Phi) is 4.16. The summed E-state index contributed by atoms with van der Waals surface area (Å²) in [5.74, 6) is 0.521. The summed E-state index contributed by atoms with van der Waals surface area (Å²) in [6, 6.07) is 7.14. The second-order valence-corrected chi connectivity index (χ2v) is 6.79. The summed E-state index contributed by atoms with van der Waals surface area (Å²) in [5.41, 5.74) is 6.08. The summed E-state index contributed by atoms with van der Waals surface area (Å²) < 4.78 is 5.66. The van der Waals surface area contributed by atoms with Crippen LogP contribution in [0.2, 0.25) is 5.02 Å². The van der Waals surface area contributed by atoms with Crippen molar-refractivity contribution in [2.75, 3.05) is 13.1 Å². The van der Waals surface area contributed by atoms with Crippen LogP contribution in [-0.4, -0.2) is 39.8 Å². The van der Waals surface area contributed by atoms with Crippen molar-refractivity contribution in [2.45, 2.75) is 18.8 Å². The highest BCUT2D eigenvalue weighted by molar-refractivity contribution is 6.34. The zero-order valence-corrected chi connectivity index (χ0v) is 14.6. The van der Waals surface area contributed by atoms with E-state index in [1.807, 2.05) is 12.1 Å². The maximum atomic E-state index is 12.7. The van der Waals surface area contributed by atoms with Gasteiger partial charge >= 0.3 is 0 Å². The average molecular weight is 373 g/mol. The Morgan fingerprint density at radius 3 is 2.73 bits per heavy atom. The first-order chi connectivity index (χ1) is 12.5. The summed E-state index contributed by atoms with van der Waals surface area (Å²) in [5, 5.41) is 1.30. The summed E-state index contributed by atoms with van der Waals surface area (Å²) in [7, 11) is 0. The summed E-state index contributed by atoms with van der Waals surface area (Å²) in [6.07, 6.45) is 2.95. The number of imidazole rings is 1. The Bertz CT molecular complexity index is 985. The van der Waals surface area contributed by atoms with E-state index in [2.05, 4.69) is 9.97 Å². The van der Waals surface area contributed by atoms with Crippen LogP contribution < -0.4 is 5.73 Å². The van der Waals surface area contributed by atoms with Gasteiger partial charge in [-0.05, 0) is 25.0 Å². The number of hydrogen-bond acceptors (Lipinski definition) is 4. The fourth-order valence-corrected chi connectivity index (χ4v) is 3.53. The van der Waals surface area contributed by atoms with Crippen LogP contribution in [0.25, 0.3) is 11.0 Å². The van der Waals surface area contributed by atoms with Crippen molar-refractivity contribution in [1.29, 1.82) is 0 Å². The molecule has 0 saturated carbocycles. The molecule has 1 fully saturated rings. The highest BCUT2D eigenvalue weighted by Gasteiger charge is 2.28. The zero-order valence-electron chi connectivity index (χ0n) is 13.9. The number of nitrogens with one attached hydrogen (secondary N) is 1. The highest BCUT2D eigenvalue weighted by Crippen LogP contribution is 2.30. The zero-order chi connectivity index (χ0) is 18.3. The Morgan fingerprint density at radius 2 is 2.08 bits per heavy atom. The number of likely N-dealkylation sites (tertiary alicyclic amines) is 1. The number of H-pyrrole nitrogens is 1. The molecular formula is C18H17ClN4O3. The summed E-state index contributed by atoms with van der Waals surface area (Å²) in [6.45, 7) is 1.17. The number of halogens is 1. The van der Waals surface area contributed by atoms with Gasteiger partial charge < -0.3 is 20.0 Å². The van der Waals surface area contributed by atoms with Gasteiger partial charge in [0.25, 0.3) is 11.8 Å². The van der Waals surface area contributed by atoms with E-state index in [0.29, 0.717) is 35.1 Å². The van der Waals surface area contributed by atoms with Gasteiger partial charge in [0.2, 0.25) is 0 Å². The number of nitrogens with two attached hydrogens (primary N) is 1. The number of primary amides is 1. The van der Waals surface area contributed by atoms with E-state index in [1.54, 1.807) is 17.0 Å². The van der Waals surface area contributed by atoms with Gasteiger partial charge in [0.1, 0.15) is 11.5 Å². The second-order valence-electron chi connectivity index (χ2n) is 6.38. The molecule has 0 unspecified atom stereocenters. The van der Waals surface area contributed by atoms with Crippen molar-refractivity contribution in [3.63, 3.8) is 0 Å². The Hall–Kier alpha value is -2.80. The maximum absolute atomic E-state index is 12.7. The predicted octanol–water partition coefficient (Wildman–Crippen LogP) is 2.93. The molecule has 1 aromatic carbocycles. The van der Waals surface area contributed by atoms with E-state index in [4.69, 9.17) is 21.8 Å². The molecule has 3 heterocycles. The van der Waals surface area contributed by atoms with E-state index in [1.165, 1.54) is 6.20 Å². The van der Waals surface area contributed by atoms with Crippen LogP contribution in [0.4, 0.5) is 0 Å². The molecule has 8 heteroatoms. The third-order valence-corrected chi connectivity index (χ3v) is 5.03. The van der Waals surface area contributed by atoms with Gasteiger partial charge in [0, 0.05) is 24.4 Å². The van der Waals surface area contributed by atoms with Crippen LogP contribution in [0.5, 0.6) is 0 Å². The van der Waals surface area contributed by atoms with Crippen LogP contribution in [0.1, 0.15) is 45.6 Å². The van der Waals surface area contributed by atoms with Gasteiger partial charge in [-0.1, -0.05) is 23.7 Å². The first kappa shape index (κ1) is 16.7. The van der Waals surface area contributed by atoms with Gasteiger partial charge in [-0.15, -0.1) is 0 Å². The van der Waals surface area contributed by atoms with E-state index < -0.39 is 5.91 Å².